The summed E-state index contributed by atoms with van der Waals surface area (Å²) in [5.74, 6) is 2.50. The SMILES string of the molecule is COc1ccc(C2(c3ccc(OC(C)=O)c(C)c3)CCCCC2)cc1C.COc1ccc(C2(c3ccc(OC(C)=O)cc3)CCCCC2)cc1. The lowest BCUT2D eigenvalue weighted by atomic mass is 9.65. The maximum absolute atomic E-state index is 11.3. The molecule has 0 amide bonds. The number of aryl methyl sites for hydroxylation is 2. The Hall–Kier alpha value is -4.58. The Labute approximate surface area is 298 Å². The minimum atomic E-state index is -0.287. The van der Waals surface area contributed by atoms with Crippen molar-refractivity contribution in [3.8, 4) is 23.0 Å². The monoisotopic (exact) mass is 676 g/mol. The molecule has 2 fully saturated rings. The molecule has 50 heavy (non-hydrogen) atoms. The predicted molar refractivity (Wildman–Crippen MR) is 199 cm³/mol. The molecule has 0 aliphatic heterocycles. The molecule has 0 unspecified atom stereocenters. The van der Waals surface area contributed by atoms with Crippen LogP contribution in [0.25, 0.3) is 0 Å². The summed E-state index contributed by atoms with van der Waals surface area (Å²) in [7, 11) is 3.41. The second kappa shape index (κ2) is 16.4. The van der Waals surface area contributed by atoms with Crippen LogP contribution in [0.4, 0.5) is 0 Å². The topological polar surface area (TPSA) is 71.1 Å². The van der Waals surface area contributed by atoms with E-state index in [-0.39, 0.29) is 22.8 Å². The van der Waals surface area contributed by atoms with Crippen molar-refractivity contribution in [3.63, 3.8) is 0 Å². The highest BCUT2D eigenvalue weighted by molar-refractivity contribution is 5.70. The molecule has 0 saturated heterocycles. The summed E-state index contributed by atoms with van der Waals surface area (Å²) in [6.07, 6.45) is 12.1. The first-order valence-electron chi connectivity index (χ1n) is 18.0. The highest BCUT2D eigenvalue weighted by atomic mass is 16.5. The lowest BCUT2D eigenvalue weighted by Gasteiger charge is -2.39. The number of methoxy groups -OCH3 is 2. The number of carbonyl (C=O) groups is 2. The molecule has 0 N–H and O–H groups in total. The van der Waals surface area contributed by atoms with Gasteiger partial charge in [0, 0.05) is 24.7 Å². The molecule has 6 heteroatoms. The van der Waals surface area contributed by atoms with Crippen molar-refractivity contribution in [2.24, 2.45) is 0 Å². The van der Waals surface area contributed by atoms with Crippen molar-refractivity contribution in [2.75, 3.05) is 14.2 Å². The fraction of sp³-hybridized carbons (Fsp3) is 0.409. The van der Waals surface area contributed by atoms with Gasteiger partial charge in [-0.2, -0.15) is 0 Å². The van der Waals surface area contributed by atoms with Gasteiger partial charge < -0.3 is 18.9 Å². The molecule has 2 saturated carbocycles. The molecule has 4 aromatic carbocycles. The van der Waals surface area contributed by atoms with Gasteiger partial charge in [-0.05, 0) is 109 Å². The first-order valence-corrected chi connectivity index (χ1v) is 18.0. The van der Waals surface area contributed by atoms with Crippen LogP contribution in [0.5, 0.6) is 23.0 Å². The van der Waals surface area contributed by atoms with Gasteiger partial charge in [-0.3, -0.25) is 9.59 Å². The zero-order valence-corrected chi connectivity index (χ0v) is 30.6. The normalized spacial score (nSPS) is 16.3. The van der Waals surface area contributed by atoms with Gasteiger partial charge in [0.2, 0.25) is 0 Å². The fourth-order valence-electron chi connectivity index (χ4n) is 8.11. The van der Waals surface area contributed by atoms with Crippen LogP contribution < -0.4 is 18.9 Å². The molecule has 0 bridgehead atoms. The van der Waals surface area contributed by atoms with Crippen LogP contribution in [0.2, 0.25) is 0 Å². The largest absolute Gasteiger partial charge is 0.497 e. The molecule has 6 rings (SSSR count). The van der Waals surface area contributed by atoms with Crippen LogP contribution in [0, 0.1) is 13.8 Å². The smallest absolute Gasteiger partial charge is 0.308 e. The van der Waals surface area contributed by atoms with E-state index in [1.54, 1.807) is 14.2 Å². The molecular weight excluding hydrogens is 624 g/mol. The van der Waals surface area contributed by atoms with Gasteiger partial charge in [-0.1, -0.05) is 87.1 Å². The first kappa shape index (κ1) is 36.7. The van der Waals surface area contributed by atoms with Crippen molar-refractivity contribution in [1.82, 2.24) is 0 Å². The Morgan fingerprint density at radius 3 is 1.28 bits per heavy atom. The van der Waals surface area contributed by atoms with Crippen LogP contribution in [0.1, 0.15) is 111 Å². The Balaban J connectivity index is 0.000000195. The number of carbonyl (C=O) groups excluding carboxylic acids is 2. The number of hydrogen-bond acceptors (Lipinski definition) is 6. The summed E-state index contributed by atoms with van der Waals surface area (Å²) >= 11 is 0. The van der Waals surface area contributed by atoms with Crippen molar-refractivity contribution >= 4 is 11.9 Å². The minimum Gasteiger partial charge on any atom is -0.497 e. The van der Waals surface area contributed by atoms with Gasteiger partial charge in [-0.15, -0.1) is 0 Å². The number of esters is 2. The molecule has 2 aliphatic carbocycles. The van der Waals surface area contributed by atoms with Crippen LogP contribution in [-0.2, 0) is 20.4 Å². The minimum absolute atomic E-state index is 0.0226. The van der Waals surface area contributed by atoms with Crippen LogP contribution in [-0.4, -0.2) is 26.2 Å². The molecule has 264 valence electrons. The number of benzene rings is 4. The molecule has 0 spiro atoms. The third-order valence-corrected chi connectivity index (χ3v) is 10.7. The van der Waals surface area contributed by atoms with E-state index in [1.807, 2.05) is 37.3 Å². The molecule has 0 heterocycles. The number of hydrogen-bond donors (Lipinski definition) is 0. The summed E-state index contributed by atoms with van der Waals surface area (Å²) in [4.78, 5) is 22.4. The quantitative estimate of drug-likeness (QED) is 0.137. The van der Waals surface area contributed by atoms with Crippen LogP contribution in [0.3, 0.4) is 0 Å². The zero-order chi connectivity index (χ0) is 35.7. The summed E-state index contributed by atoms with van der Waals surface area (Å²) < 4.78 is 21.2. The van der Waals surface area contributed by atoms with E-state index in [9.17, 15) is 9.59 Å². The highest BCUT2D eigenvalue weighted by Gasteiger charge is 2.37. The van der Waals surface area contributed by atoms with E-state index in [1.165, 1.54) is 80.2 Å². The van der Waals surface area contributed by atoms with E-state index < -0.39 is 0 Å². The van der Waals surface area contributed by atoms with E-state index in [4.69, 9.17) is 18.9 Å². The maximum atomic E-state index is 11.3. The standard InChI is InChI=1S/C23H28O3.C21H24O3/c1-16-14-19(8-10-21(16)25-4)23(12-6-5-7-13-23)20-9-11-22(17(2)15-20)26-18(3)24;1-16(22)24-20-12-8-18(9-13-20)21(14-4-3-5-15-21)17-6-10-19(23-2)11-7-17/h8-11,14-15H,5-7,12-13H2,1-4H3;6-13H,3-5,14-15H2,1-2H3. The molecule has 0 aromatic heterocycles. The highest BCUT2D eigenvalue weighted by Crippen LogP contribution is 2.47. The Bertz CT molecular complexity index is 1740. The third kappa shape index (κ3) is 8.23. The Morgan fingerprint density at radius 2 is 0.880 bits per heavy atom. The van der Waals surface area contributed by atoms with Gasteiger partial charge in [-0.25, -0.2) is 0 Å². The van der Waals surface area contributed by atoms with Crippen molar-refractivity contribution in [1.29, 1.82) is 0 Å². The number of ether oxygens (including phenoxy) is 4. The van der Waals surface area contributed by atoms with E-state index in [0.29, 0.717) is 11.5 Å². The van der Waals surface area contributed by atoms with Crippen molar-refractivity contribution in [3.05, 3.63) is 118 Å². The lowest BCUT2D eigenvalue weighted by molar-refractivity contribution is -0.132. The average molecular weight is 677 g/mol. The fourth-order valence-corrected chi connectivity index (χ4v) is 8.11. The van der Waals surface area contributed by atoms with E-state index >= 15 is 0 Å². The third-order valence-electron chi connectivity index (χ3n) is 10.7. The molecule has 0 radical (unpaired) electrons. The maximum Gasteiger partial charge on any atom is 0.308 e. The Kier molecular flexibility index (Phi) is 12.0. The van der Waals surface area contributed by atoms with Crippen molar-refractivity contribution in [2.45, 2.75) is 103 Å². The second-order valence-corrected chi connectivity index (χ2v) is 13.9. The van der Waals surface area contributed by atoms with Gasteiger partial charge in [0.05, 0.1) is 14.2 Å². The van der Waals surface area contributed by atoms with Gasteiger partial charge >= 0.3 is 11.9 Å². The summed E-state index contributed by atoms with van der Waals surface area (Å²) in [6, 6.07) is 29.3. The Morgan fingerprint density at radius 1 is 0.480 bits per heavy atom. The van der Waals surface area contributed by atoms with Crippen LogP contribution >= 0.6 is 0 Å². The lowest BCUT2D eigenvalue weighted by Crippen LogP contribution is -2.30. The first-order chi connectivity index (χ1) is 24.1. The number of rotatable bonds is 8. The van der Waals surface area contributed by atoms with Gasteiger partial charge in [0.15, 0.2) is 0 Å². The van der Waals surface area contributed by atoms with E-state index in [2.05, 4.69) is 61.5 Å². The summed E-state index contributed by atoms with van der Waals surface area (Å²) in [6.45, 7) is 6.98. The summed E-state index contributed by atoms with van der Waals surface area (Å²) in [5.41, 5.74) is 7.54. The summed E-state index contributed by atoms with van der Waals surface area (Å²) in [5, 5.41) is 0. The van der Waals surface area contributed by atoms with E-state index in [0.717, 1.165) is 42.7 Å². The molecule has 2 aliphatic rings. The second-order valence-electron chi connectivity index (χ2n) is 13.9. The molecular formula is C44H52O6. The zero-order valence-electron chi connectivity index (χ0n) is 30.6. The van der Waals surface area contributed by atoms with Crippen LogP contribution in [0.15, 0.2) is 84.9 Å². The van der Waals surface area contributed by atoms with Gasteiger partial charge in [0.1, 0.15) is 23.0 Å². The molecule has 6 nitrogen and oxygen atoms in total. The van der Waals surface area contributed by atoms with Gasteiger partial charge in [0.25, 0.3) is 0 Å². The molecule has 0 atom stereocenters. The average Bonchev–Trinajstić information content (AvgIpc) is 3.13. The van der Waals surface area contributed by atoms with Crippen molar-refractivity contribution < 1.29 is 28.5 Å². The predicted octanol–water partition coefficient (Wildman–Crippen LogP) is 10.4. The molecule has 4 aromatic rings.